The number of thiocarbonyl (C=S) groups is 1. The van der Waals surface area contributed by atoms with Crippen LogP contribution in [0.25, 0.3) is 16.8 Å². The van der Waals surface area contributed by atoms with E-state index in [0.29, 0.717) is 5.75 Å². The molecule has 0 radical (unpaired) electrons. The fourth-order valence-electron chi connectivity index (χ4n) is 2.75. The van der Waals surface area contributed by atoms with Gasteiger partial charge in [0.25, 0.3) is 5.91 Å². The molecule has 0 aliphatic heterocycles. The van der Waals surface area contributed by atoms with Crippen LogP contribution in [-0.2, 0) is 9.59 Å². The van der Waals surface area contributed by atoms with Gasteiger partial charge in [0.1, 0.15) is 5.75 Å². The Morgan fingerprint density at radius 2 is 1.68 bits per heavy atom. The van der Waals surface area contributed by atoms with Gasteiger partial charge in [-0.25, -0.2) is 0 Å². The molecule has 31 heavy (non-hydrogen) atoms. The summed E-state index contributed by atoms with van der Waals surface area (Å²) in [5.41, 5.74) is 6.97. The summed E-state index contributed by atoms with van der Waals surface area (Å²) in [6.07, 6.45) is 2.27. The minimum absolute atomic E-state index is 0.0233. The minimum Gasteiger partial charge on any atom is -0.481 e. The van der Waals surface area contributed by atoms with Crippen molar-refractivity contribution in [3.05, 3.63) is 83.9 Å². The maximum atomic E-state index is 12.3. The number of nitrogens with one attached hydrogen (secondary N) is 3. The lowest BCUT2D eigenvalue weighted by molar-refractivity contribution is -0.128. The van der Waals surface area contributed by atoms with Crippen LogP contribution in [0.1, 0.15) is 18.1 Å². The zero-order valence-corrected chi connectivity index (χ0v) is 18.0. The van der Waals surface area contributed by atoms with E-state index < -0.39 is 17.9 Å². The van der Waals surface area contributed by atoms with Gasteiger partial charge in [-0.1, -0.05) is 60.2 Å². The van der Waals surface area contributed by atoms with E-state index in [1.807, 2.05) is 73.7 Å². The first-order chi connectivity index (χ1) is 14.9. The number of carbonyl (C=O) groups is 2. The Labute approximate surface area is 186 Å². The van der Waals surface area contributed by atoms with Gasteiger partial charge in [-0.2, -0.15) is 0 Å². The van der Waals surface area contributed by atoms with E-state index in [2.05, 4.69) is 16.2 Å². The van der Waals surface area contributed by atoms with Gasteiger partial charge in [0.15, 0.2) is 11.2 Å². The molecular formula is C24H23N3O3S. The number of hydrazine groups is 1. The molecule has 1 unspecified atom stereocenters. The van der Waals surface area contributed by atoms with Crippen molar-refractivity contribution < 1.29 is 14.3 Å². The Kier molecular flexibility index (Phi) is 7.35. The molecule has 3 N–H and O–H groups in total. The highest BCUT2D eigenvalue weighted by molar-refractivity contribution is 7.80. The normalized spacial score (nSPS) is 11.7. The van der Waals surface area contributed by atoms with Crippen LogP contribution < -0.4 is 20.9 Å². The van der Waals surface area contributed by atoms with Crippen LogP contribution in [0.15, 0.2) is 72.8 Å². The van der Waals surface area contributed by atoms with Crippen LogP contribution in [0.3, 0.4) is 0 Å². The molecular weight excluding hydrogens is 410 g/mol. The molecule has 7 heteroatoms. The predicted octanol–water partition coefficient (Wildman–Crippen LogP) is 3.65. The van der Waals surface area contributed by atoms with E-state index >= 15 is 0 Å². The van der Waals surface area contributed by atoms with Crippen LogP contribution >= 0.6 is 12.2 Å². The molecule has 0 spiro atoms. The lowest BCUT2D eigenvalue weighted by Gasteiger charge is -2.16. The van der Waals surface area contributed by atoms with E-state index in [9.17, 15) is 9.59 Å². The smallest absolute Gasteiger partial charge is 0.279 e. The van der Waals surface area contributed by atoms with Crippen molar-refractivity contribution in [2.75, 3.05) is 0 Å². The number of hydrogen-bond donors (Lipinski definition) is 3. The first-order valence-electron chi connectivity index (χ1n) is 9.72. The van der Waals surface area contributed by atoms with Crippen LogP contribution in [0.5, 0.6) is 5.75 Å². The summed E-state index contributed by atoms with van der Waals surface area (Å²) in [5, 5.41) is 4.55. The molecule has 0 heterocycles. The van der Waals surface area contributed by atoms with Gasteiger partial charge in [-0.15, -0.1) is 0 Å². The highest BCUT2D eigenvalue weighted by Gasteiger charge is 2.15. The second-order valence-corrected chi connectivity index (χ2v) is 7.35. The zero-order valence-electron chi connectivity index (χ0n) is 17.2. The number of carbonyl (C=O) groups excluding carboxylic acids is 2. The number of ether oxygens (including phenoxy) is 1. The molecule has 1 atom stereocenters. The number of aryl methyl sites for hydroxylation is 1. The summed E-state index contributed by atoms with van der Waals surface area (Å²) in [7, 11) is 0. The molecule has 0 saturated heterocycles. The maximum absolute atomic E-state index is 12.3. The quantitative estimate of drug-likeness (QED) is 0.325. The van der Waals surface area contributed by atoms with E-state index in [1.165, 1.54) is 6.08 Å². The third-order valence-corrected chi connectivity index (χ3v) is 4.65. The van der Waals surface area contributed by atoms with Gasteiger partial charge < -0.3 is 4.74 Å². The number of amides is 2. The van der Waals surface area contributed by atoms with Crippen LogP contribution in [-0.4, -0.2) is 23.0 Å². The monoisotopic (exact) mass is 433 g/mol. The lowest BCUT2D eigenvalue weighted by atomic mass is 10.1. The van der Waals surface area contributed by atoms with Crippen molar-refractivity contribution in [2.24, 2.45) is 0 Å². The number of fused-ring (bicyclic) bond motifs is 1. The Bertz CT molecular complexity index is 1130. The van der Waals surface area contributed by atoms with Gasteiger partial charge in [0.05, 0.1) is 0 Å². The third-order valence-electron chi connectivity index (χ3n) is 4.44. The Hall–Kier alpha value is -3.71. The summed E-state index contributed by atoms with van der Waals surface area (Å²) in [6, 6.07) is 21.2. The van der Waals surface area contributed by atoms with Crippen molar-refractivity contribution in [3.63, 3.8) is 0 Å². The van der Waals surface area contributed by atoms with Gasteiger partial charge >= 0.3 is 0 Å². The SMILES string of the molecule is Cc1ccc(C=CC(=O)NC(=S)NNC(=O)C(C)Oc2ccc3ccccc3c2)cc1. The molecule has 0 fully saturated rings. The Morgan fingerprint density at radius 1 is 0.968 bits per heavy atom. The topological polar surface area (TPSA) is 79.5 Å². The number of hydrogen-bond acceptors (Lipinski definition) is 4. The molecule has 0 bridgehead atoms. The minimum atomic E-state index is -0.770. The van der Waals surface area contributed by atoms with Gasteiger partial charge in [0, 0.05) is 6.08 Å². The average Bonchev–Trinajstić information content (AvgIpc) is 2.77. The fraction of sp³-hybridized carbons (Fsp3) is 0.125. The lowest BCUT2D eigenvalue weighted by Crippen LogP contribution is -2.51. The van der Waals surface area contributed by atoms with E-state index in [4.69, 9.17) is 17.0 Å². The highest BCUT2D eigenvalue weighted by Crippen LogP contribution is 2.21. The largest absolute Gasteiger partial charge is 0.481 e. The van der Waals surface area contributed by atoms with Gasteiger partial charge in [0.2, 0.25) is 5.91 Å². The molecule has 158 valence electrons. The molecule has 3 aromatic carbocycles. The molecule has 3 rings (SSSR count). The second-order valence-electron chi connectivity index (χ2n) is 6.95. The van der Waals surface area contributed by atoms with Crippen molar-refractivity contribution in [1.29, 1.82) is 0 Å². The van der Waals surface area contributed by atoms with Gasteiger partial charge in [-0.3, -0.25) is 25.8 Å². The molecule has 3 aromatic rings. The molecule has 0 aliphatic carbocycles. The first-order valence-corrected chi connectivity index (χ1v) is 10.1. The Morgan fingerprint density at radius 3 is 2.42 bits per heavy atom. The van der Waals surface area contributed by atoms with Gasteiger partial charge in [-0.05, 0) is 60.6 Å². The average molecular weight is 434 g/mol. The zero-order chi connectivity index (χ0) is 22.2. The molecule has 0 aliphatic rings. The van der Waals surface area contributed by atoms with Crippen LogP contribution in [0.2, 0.25) is 0 Å². The van der Waals surface area contributed by atoms with E-state index in [0.717, 1.165) is 21.9 Å². The van der Waals surface area contributed by atoms with Crippen molar-refractivity contribution >= 4 is 46.0 Å². The summed E-state index contributed by atoms with van der Waals surface area (Å²) < 4.78 is 5.70. The highest BCUT2D eigenvalue weighted by atomic mass is 32.1. The summed E-state index contributed by atoms with van der Waals surface area (Å²) in [4.78, 5) is 24.2. The van der Waals surface area contributed by atoms with Crippen LogP contribution in [0.4, 0.5) is 0 Å². The number of benzene rings is 3. The standard InChI is InChI=1S/C24H23N3O3S/c1-16-7-9-18(10-8-16)11-14-22(28)25-24(31)27-26-23(29)17(2)30-21-13-12-19-5-3-4-6-20(19)15-21/h3-15,17H,1-2H3,(H,26,29)(H2,25,27,28,31). The maximum Gasteiger partial charge on any atom is 0.279 e. The molecule has 6 nitrogen and oxygen atoms in total. The van der Waals surface area contributed by atoms with Crippen molar-refractivity contribution in [1.82, 2.24) is 16.2 Å². The molecule has 0 saturated carbocycles. The number of rotatable bonds is 5. The predicted molar refractivity (Wildman–Crippen MR) is 126 cm³/mol. The van der Waals surface area contributed by atoms with Crippen molar-refractivity contribution in [2.45, 2.75) is 20.0 Å². The molecule has 2 amide bonds. The second kappa shape index (κ2) is 10.4. The Balaban J connectivity index is 1.44. The van der Waals surface area contributed by atoms with Crippen molar-refractivity contribution in [3.8, 4) is 5.75 Å². The van der Waals surface area contributed by atoms with Crippen LogP contribution in [0, 0.1) is 6.92 Å². The summed E-state index contributed by atoms with van der Waals surface area (Å²) in [5.74, 6) is -0.258. The molecule has 0 aromatic heterocycles. The van der Waals surface area contributed by atoms with E-state index in [1.54, 1.807) is 13.0 Å². The third kappa shape index (κ3) is 6.65. The fourth-order valence-corrected chi connectivity index (χ4v) is 2.90. The summed E-state index contributed by atoms with van der Waals surface area (Å²) >= 11 is 5.03. The van der Waals surface area contributed by atoms with E-state index in [-0.39, 0.29) is 5.11 Å². The summed E-state index contributed by atoms with van der Waals surface area (Å²) in [6.45, 7) is 3.62. The first kappa shape index (κ1) is 22.0.